The van der Waals surface area contributed by atoms with E-state index in [1.807, 2.05) is 6.92 Å². The van der Waals surface area contributed by atoms with E-state index in [9.17, 15) is 0 Å². The Bertz CT molecular complexity index is 90.2. The molecular weight excluding hydrogens is 132 g/mol. The second kappa shape index (κ2) is 3.88. The summed E-state index contributed by atoms with van der Waals surface area (Å²) in [5, 5.41) is 17.4. The molecule has 0 fully saturated rings. The van der Waals surface area contributed by atoms with E-state index in [1.54, 1.807) is 0 Å². The average molecular weight is 148 g/mol. The second-order valence-corrected chi connectivity index (χ2v) is 2.53. The molecule has 0 radical (unpaired) electrons. The van der Waals surface area contributed by atoms with Crippen molar-refractivity contribution in [2.75, 3.05) is 0 Å². The van der Waals surface area contributed by atoms with Crippen LogP contribution in [0, 0.1) is 0 Å². The highest BCUT2D eigenvalue weighted by Gasteiger charge is 2.25. The lowest BCUT2D eigenvalue weighted by Crippen LogP contribution is -2.55. The van der Waals surface area contributed by atoms with Crippen LogP contribution < -0.4 is 11.5 Å². The molecule has 0 amide bonds. The molecule has 6 N–H and O–H groups in total. The van der Waals surface area contributed by atoms with Crippen LogP contribution in [0.4, 0.5) is 0 Å². The first-order chi connectivity index (χ1) is 4.48. The summed E-state index contributed by atoms with van der Waals surface area (Å²) in [6, 6.07) is -0.743. The minimum absolute atomic E-state index is 0.542. The monoisotopic (exact) mass is 148 g/mol. The lowest BCUT2D eigenvalue weighted by Gasteiger charge is -2.22. The number of unbranched alkanes of at least 4 members (excludes halogenated alkanes) is 1. The maximum Gasteiger partial charge on any atom is 0.235 e. The quantitative estimate of drug-likeness (QED) is 0.389. The number of rotatable bonds is 4. The van der Waals surface area contributed by atoms with Gasteiger partial charge in [0.2, 0.25) is 5.91 Å². The summed E-state index contributed by atoms with van der Waals surface area (Å²) in [6.45, 7) is 2.00. The van der Waals surface area contributed by atoms with E-state index in [0.29, 0.717) is 6.42 Å². The SMILES string of the molecule is CCCCC(N)C(N)(O)O. The zero-order valence-electron chi connectivity index (χ0n) is 6.25. The molecule has 0 heterocycles. The smallest absolute Gasteiger partial charge is 0.235 e. The van der Waals surface area contributed by atoms with Crippen LogP contribution in [0.15, 0.2) is 0 Å². The highest BCUT2D eigenvalue weighted by atomic mass is 16.5. The lowest BCUT2D eigenvalue weighted by molar-refractivity contribution is -0.172. The molecule has 0 saturated carbocycles. The first kappa shape index (κ1) is 9.84. The van der Waals surface area contributed by atoms with Crippen molar-refractivity contribution in [1.29, 1.82) is 0 Å². The zero-order valence-corrected chi connectivity index (χ0v) is 6.25. The van der Waals surface area contributed by atoms with E-state index in [-0.39, 0.29) is 0 Å². The topological polar surface area (TPSA) is 92.5 Å². The van der Waals surface area contributed by atoms with Crippen molar-refractivity contribution in [3.8, 4) is 0 Å². The van der Waals surface area contributed by atoms with Gasteiger partial charge >= 0.3 is 0 Å². The highest BCUT2D eigenvalue weighted by Crippen LogP contribution is 2.04. The van der Waals surface area contributed by atoms with Gasteiger partial charge in [0.25, 0.3) is 0 Å². The third kappa shape index (κ3) is 3.79. The second-order valence-electron chi connectivity index (χ2n) is 2.53. The number of nitrogens with two attached hydrogens (primary N) is 2. The third-order valence-corrected chi connectivity index (χ3v) is 1.41. The molecular formula is C6H16N2O2. The first-order valence-corrected chi connectivity index (χ1v) is 3.47. The number of hydrogen-bond acceptors (Lipinski definition) is 4. The molecule has 0 bridgehead atoms. The molecule has 1 unspecified atom stereocenters. The maximum atomic E-state index is 8.72. The van der Waals surface area contributed by atoms with Gasteiger partial charge in [-0.2, -0.15) is 0 Å². The molecule has 0 spiro atoms. The van der Waals surface area contributed by atoms with Gasteiger partial charge in [-0.1, -0.05) is 19.8 Å². The Balaban J connectivity index is 3.52. The Morgan fingerprint density at radius 2 is 2.00 bits per heavy atom. The molecule has 10 heavy (non-hydrogen) atoms. The van der Waals surface area contributed by atoms with Gasteiger partial charge in [-0.3, -0.25) is 5.73 Å². The van der Waals surface area contributed by atoms with Gasteiger partial charge in [0, 0.05) is 0 Å². The fraction of sp³-hybridized carbons (Fsp3) is 1.00. The standard InChI is InChI=1S/C6H16N2O2/c1-2-3-4-5(7)6(8,9)10/h5,9-10H,2-4,7-8H2,1H3. The van der Waals surface area contributed by atoms with Crippen LogP contribution in [-0.2, 0) is 0 Å². The van der Waals surface area contributed by atoms with Crippen LogP contribution in [0.5, 0.6) is 0 Å². The first-order valence-electron chi connectivity index (χ1n) is 3.47. The lowest BCUT2D eigenvalue weighted by atomic mass is 10.1. The van der Waals surface area contributed by atoms with Gasteiger partial charge in [-0.25, -0.2) is 0 Å². The number of hydrogen-bond donors (Lipinski definition) is 4. The minimum atomic E-state index is -2.21. The molecule has 0 aromatic rings. The van der Waals surface area contributed by atoms with Crippen molar-refractivity contribution < 1.29 is 10.2 Å². The van der Waals surface area contributed by atoms with Crippen molar-refractivity contribution in [3.05, 3.63) is 0 Å². The molecule has 4 heteroatoms. The molecule has 62 valence electrons. The fourth-order valence-corrected chi connectivity index (χ4v) is 0.636. The maximum absolute atomic E-state index is 8.72. The fourth-order valence-electron chi connectivity index (χ4n) is 0.636. The third-order valence-electron chi connectivity index (χ3n) is 1.41. The largest absolute Gasteiger partial charge is 0.352 e. The van der Waals surface area contributed by atoms with E-state index in [1.165, 1.54) is 0 Å². The van der Waals surface area contributed by atoms with Gasteiger partial charge < -0.3 is 15.9 Å². The van der Waals surface area contributed by atoms with Crippen LogP contribution in [0.2, 0.25) is 0 Å². The van der Waals surface area contributed by atoms with Gasteiger partial charge in [0.15, 0.2) is 0 Å². The summed E-state index contributed by atoms with van der Waals surface area (Å²) in [6.07, 6.45) is 2.38. The predicted octanol–water partition coefficient (Wildman–Crippen LogP) is -0.899. The zero-order chi connectivity index (χ0) is 8.20. The van der Waals surface area contributed by atoms with Crippen molar-refractivity contribution in [2.24, 2.45) is 11.5 Å². The Morgan fingerprint density at radius 1 is 1.50 bits per heavy atom. The van der Waals surface area contributed by atoms with E-state index >= 15 is 0 Å². The minimum Gasteiger partial charge on any atom is -0.352 e. The van der Waals surface area contributed by atoms with E-state index in [2.05, 4.69) is 0 Å². The van der Waals surface area contributed by atoms with Crippen molar-refractivity contribution >= 4 is 0 Å². The Labute approximate surface area is 60.8 Å². The molecule has 1 atom stereocenters. The normalized spacial score (nSPS) is 15.3. The van der Waals surface area contributed by atoms with Crippen molar-refractivity contribution in [3.63, 3.8) is 0 Å². The van der Waals surface area contributed by atoms with Gasteiger partial charge in [0.1, 0.15) is 0 Å². The summed E-state index contributed by atoms with van der Waals surface area (Å²) in [5.74, 6) is -2.21. The van der Waals surface area contributed by atoms with Crippen LogP contribution in [0.3, 0.4) is 0 Å². The Hall–Kier alpha value is -0.160. The molecule has 4 nitrogen and oxygen atoms in total. The summed E-state index contributed by atoms with van der Waals surface area (Å²) < 4.78 is 0. The van der Waals surface area contributed by atoms with E-state index < -0.39 is 12.0 Å². The average Bonchev–Trinajstić information content (AvgIpc) is 1.80. The van der Waals surface area contributed by atoms with E-state index in [0.717, 1.165) is 12.8 Å². The summed E-state index contributed by atoms with van der Waals surface area (Å²) in [5.41, 5.74) is 10.2. The predicted molar refractivity (Wildman–Crippen MR) is 38.9 cm³/mol. The molecule has 0 aromatic heterocycles. The summed E-state index contributed by atoms with van der Waals surface area (Å²) in [4.78, 5) is 0. The van der Waals surface area contributed by atoms with Crippen LogP contribution in [0.1, 0.15) is 26.2 Å². The highest BCUT2D eigenvalue weighted by molar-refractivity contribution is 4.72. The van der Waals surface area contributed by atoms with Gasteiger partial charge in [0.05, 0.1) is 6.04 Å². The Morgan fingerprint density at radius 3 is 2.30 bits per heavy atom. The Kier molecular flexibility index (Phi) is 3.81. The van der Waals surface area contributed by atoms with Crippen LogP contribution in [0.25, 0.3) is 0 Å². The molecule has 0 aliphatic carbocycles. The van der Waals surface area contributed by atoms with Crippen molar-refractivity contribution in [2.45, 2.75) is 38.1 Å². The van der Waals surface area contributed by atoms with Gasteiger partial charge in [-0.05, 0) is 6.42 Å². The van der Waals surface area contributed by atoms with E-state index in [4.69, 9.17) is 21.7 Å². The molecule has 0 saturated heterocycles. The summed E-state index contributed by atoms with van der Waals surface area (Å²) in [7, 11) is 0. The number of aliphatic hydroxyl groups is 2. The van der Waals surface area contributed by atoms with Crippen LogP contribution in [-0.4, -0.2) is 22.2 Å². The molecule has 0 aromatic carbocycles. The molecule has 0 rings (SSSR count). The van der Waals surface area contributed by atoms with Crippen LogP contribution >= 0.6 is 0 Å². The summed E-state index contributed by atoms with van der Waals surface area (Å²) >= 11 is 0. The van der Waals surface area contributed by atoms with Crippen molar-refractivity contribution in [1.82, 2.24) is 0 Å². The molecule has 0 aliphatic heterocycles. The van der Waals surface area contributed by atoms with Gasteiger partial charge in [-0.15, -0.1) is 0 Å². The molecule has 0 aliphatic rings.